The standard InChI is InChI=1S/C19H18Cl3NO3/c1-10(24)26-17-14(21)9-13(20)16(22)15(17)18(25)23-12-7-5-11(6-8-12)19(2,3)4/h5-9H,1-4H3,(H,23,25). The van der Waals surface area contributed by atoms with E-state index >= 15 is 0 Å². The van der Waals surface area contributed by atoms with Gasteiger partial charge in [0.2, 0.25) is 0 Å². The largest absolute Gasteiger partial charge is 0.424 e. The first-order valence-electron chi connectivity index (χ1n) is 7.78. The number of halogens is 3. The van der Waals surface area contributed by atoms with Crippen molar-refractivity contribution in [3.63, 3.8) is 0 Å². The van der Waals surface area contributed by atoms with Crippen LogP contribution in [0.4, 0.5) is 5.69 Å². The van der Waals surface area contributed by atoms with Crippen LogP contribution >= 0.6 is 34.8 Å². The fourth-order valence-electron chi connectivity index (χ4n) is 2.27. The highest BCUT2D eigenvalue weighted by Gasteiger charge is 2.24. The summed E-state index contributed by atoms with van der Waals surface area (Å²) >= 11 is 18.2. The number of hydrogen-bond donors (Lipinski definition) is 1. The van der Waals surface area contributed by atoms with Crippen LogP contribution in [0.5, 0.6) is 5.75 Å². The van der Waals surface area contributed by atoms with Gasteiger partial charge in [-0.25, -0.2) is 0 Å². The van der Waals surface area contributed by atoms with Crippen LogP contribution in [0, 0.1) is 0 Å². The number of rotatable bonds is 3. The maximum atomic E-state index is 12.7. The lowest BCUT2D eigenvalue weighted by atomic mass is 9.87. The first kappa shape index (κ1) is 20.6. The number of carbonyl (C=O) groups is 2. The minimum atomic E-state index is -0.631. The third-order valence-corrected chi connectivity index (χ3v) is 4.68. The minimum Gasteiger partial charge on any atom is -0.424 e. The molecule has 1 amide bonds. The Kier molecular flexibility index (Phi) is 6.22. The van der Waals surface area contributed by atoms with Gasteiger partial charge in [-0.15, -0.1) is 0 Å². The molecule has 0 aliphatic heterocycles. The molecule has 0 spiro atoms. The Morgan fingerprint density at radius 2 is 1.58 bits per heavy atom. The zero-order chi connectivity index (χ0) is 19.6. The van der Waals surface area contributed by atoms with Crippen molar-refractivity contribution >= 4 is 52.4 Å². The van der Waals surface area contributed by atoms with Gasteiger partial charge in [0.1, 0.15) is 5.56 Å². The van der Waals surface area contributed by atoms with Gasteiger partial charge in [-0.1, -0.05) is 67.7 Å². The third-order valence-electron chi connectivity index (χ3n) is 3.61. The number of amides is 1. The molecule has 0 heterocycles. The van der Waals surface area contributed by atoms with Crippen molar-refractivity contribution in [2.24, 2.45) is 0 Å². The average Bonchev–Trinajstić information content (AvgIpc) is 2.52. The summed E-state index contributed by atoms with van der Waals surface area (Å²) in [5.41, 5.74) is 1.58. The molecule has 0 aliphatic rings. The molecule has 0 unspecified atom stereocenters. The zero-order valence-electron chi connectivity index (χ0n) is 14.7. The van der Waals surface area contributed by atoms with E-state index in [4.69, 9.17) is 39.5 Å². The van der Waals surface area contributed by atoms with Gasteiger partial charge >= 0.3 is 5.97 Å². The number of hydrogen-bond acceptors (Lipinski definition) is 3. The van der Waals surface area contributed by atoms with E-state index in [9.17, 15) is 9.59 Å². The molecule has 1 N–H and O–H groups in total. The Labute approximate surface area is 167 Å². The van der Waals surface area contributed by atoms with Gasteiger partial charge in [-0.2, -0.15) is 0 Å². The lowest BCUT2D eigenvalue weighted by molar-refractivity contribution is -0.131. The first-order valence-corrected chi connectivity index (χ1v) is 8.92. The average molecular weight is 415 g/mol. The summed E-state index contributed by atoms with van der Waals surface area (Å²) in [6, 6.07) is 8.73. The molecule has 2 aromatic carbocycles. The minimum absolute atomic E-state index is 0.00513. The van der Waals surface area contributed by atoms with E-state index < -0.39 is 11.9 Å². The van der Waals surface area contributed by atoms with Crippen LogP contribution in [0.25, 0.3) is 0 Å². The van der Waals surface area contributed by atoms with Crippen LogP contribution < -0.4 is 10.1 Å². The molecule has 0 saturated carbocycles. The van der Waals surface area contributed by atoms with E-state index in [1.54, 1.807) is 12.1 Å². The molecule has 2 aromatic rings. The van der Waals surface area contributed by atoms with Crippen molar-refractivity contribution < 1.29 is 14.3 Å². The first-order chi connectivity index (χ1) is 12.0. The number of esters is 1. The molecule has 0 radical (unpaired) electrons. The summed E-state index contributed by atoms with van der Waals surface area (Å²) in [6.45, 7) is 7.49. The summed E-state index contributed by atoms with van der Waals surface area (Å²) in [5, 5.41) is 2.77. The predicted molar refractivity (Wildman–Crippen MR) is 106 cm³/mol. The molecule has 2 rings (SSSR count). The maximum Gasteiger partial charge on any atom is 0.308 e. The predicted octanol–water partition coefficient (Wildman–Crippen LogP) is 6.12. The molecule has 0 bridgehead atoms. The van der Waals surface area contributed by atoms with Crippen LogP contribution in [0.3, 0.4) is 0 Å². The number of nitrogens with one attached hydrogen (secondary N) is 1. The molecule has 0 fully saturated rings. The van der Waals surface area contributed by atoms with Crippen molar-refractivity contribution in [2.45, 2.75) is 33.1 Å². The second kappa shape index (κ2) is 7.87. The molecule has 0 aliphatic carbocycles. The van der Waals surface area contributed by atoms with Crippen LogP contribution in [0.1, 0.15) is 43.6 Å². The van der Waals surface area contributed by atoms with E-state index in [-0.39, 0.29) is 31.8 Å². The van der Waals surface area contributed by atoms with Crippen molar-refractivity contribution in [2.75, 3.05) is 5.32 Å². The van der Waals surface area contributed by atoms with Crippen LogP contribution in [-0.2, 0) is 10.2 Å². The van der Waals surface area contributed by atoms with E-state index in [0.717, 1.165) is 5.56 Å². The highest BCUT2D eigenvalue weighted by Crippen LogP contribution is 2.39. The van der Waals surface area contributed by atoms with Crippen molar-refractivity contribution in [3.05, 3.63) is 56.5 Å². The summed E-state index contributed by atoms with van der Waals surface area (Å²) < 4.78 is 5.06. The van der Waals surface area contributed by atoms with Crippen molar-refractivity contribution in [1.82, 2.24) is 0 Å². The number of carbonyl (C=O) groups excluding carboxylic acids is 2. The van der Waals surface area contributed by atoms with Gasteiger partial charge in [-0.3, -0.25) is 9.59 Å². The SMILES string of the molecule is CC(=O)Oc1c(Cl)cc(Cl)c(Cl)c1C(=O)Nc1ccc(C(C)(C)C)cc1. The molecule has 4 nitrogen and oxygen atoms in total. The number of ether oxygens (including phenoxy) is 1. The molecule has 0 aromatic heterocycles. The highest BCUT2D eigenvalue weighted by atomic mass is 35.5. The number of anilines is 1. The lowest BCUT2D eigenvalue weighted by Gasteiger charge is -2.19. The molecular formula is C19H18Cl3NO3. The summed E-state index contributed by atoms with van der Waals surface area (Å²) in [7, 11) is 0. The van der Waals surface area contributed by atoms with Gasteiger partial charge in [-0.05, 0) is 29.2 Å². The second-order valence-corrected chi connectivity index (χ2v) is 7.93. The van der Waals surface area contributed by atoms with E-state index in [1.807, 2.05) is 12.1 Å². The topological polar surface area (TPSA) is 55.4 Å². The fraction of sp³-hybridized carbons (Fsp3) is 0.263. The Morgan fingerprint density at radius 1 is 1.00 bits per heavy atom. The van der Waals surface area contributed by atoms with Crippen molar-refractivity contribution in [1.29, 1.82) is 0 Å². The zero-order valence-corrected chi connectivity index (χ0v) is 17.0. The Balaban J connectivity index is 2.39. The summed E-state index contributed by atoms with van der Waals surface area (Å²) in [5.74, 6) is -1.34. The van der Waals surface area contributed by atoms with Crippen LogP contribution in [0.2, 0.25) is 15.1 Å². The fourth-order valence-corrected chi connectivity index (χ4v) is 3.00. The van der Waals surface area contributed by atoms with Gasteiger partial charge < -0.3 is 10.1 Å². The molecule has 0 atom stereocenters. The molecular weight excluding hydrogens is 397 g/mol. The smallest absolute Gasteiger partial charge is 0.308 e. The third kappa shape index (κ3) is 4.70. The van der Waals surface area contributed by atoms with Crippen molar-refractivity contribution in [3.8, 4) is 5.75 Å². The van der Waals surface area contributed by atoms with E-state index in [0.29, 0.717) is 5.69 Å². The van der Waals surface area contributed by atoms with Gasteiger partial charge in [0.05, 0.1) is 15.1 Å². The molecule has 138 valence electrons. The quantitative estimate of drug-likeness (QED) is 0.374. The van der Waals surface area contributed by atoms with Gasteiger partial charge in [0, 0.05) is 12.6 Å². The maximum absolute atomic E-state index is 12.7. The monoisotopic (exact) mass is 413 g/mol. The number of benzene rings is 2. The van der Waals surface area contributed by atoms with Gasteiger partial charge in [0.25, 0.3) is 5.91 Å². The Hall–Kier alpha value is -1.75. The normalized spacial score (nSPS) is 11.2. The van der Waals surface area contributed by atoms with E-state index in [1.165, 1.54) is 13.0 Å². The lowest BCUT2D eigenvalue weighted by Crippen LogP contribution is -2.16. The molecule has 7 heteroatoms. The Morgan fingerprint density at radius 3 is 2.08 bits per heavy atom. The Bertz CT molecular complexity index is 856. The van der Waals surface area contributed by atoms with Crippen LogP contribution in [-0.4, -0.2) is 11.9 Å². The second-order valence-electron chi connectivity index (χ2n) is 6.73. The molecule has 26 heavy (non-hydrogen) atoms. The van der Waals surface area contributed by atoms with Crippen LogP contribution in [0.15, 0.2) is 30.3 Å². The summed E-state index contributed by atoms with van der Waals surface area (Å²) in [4.78, 5) is 24.1. The molecule has 0 saturated heterocycles. The summed E-state index contributed by atoms with van der Waals surface area (Å²) in [6.07, 6.45) is 0. The van der Waals surface area contributed by atoms with E-state index in [2.05, 4.69) is 26.1 Å². The highest BCUT2D eigenvalue weighted by molar-refractivity contribution is 6.46. The van der Waals surface area contributed by atoms with Gasteiger partial charge in [0.15, 0.2) is 5.75 Å².